The molecule has 0 aromatic heterocycles. The lowest BCUT2D eigenvalue weighted by molar-refractivity contribution is -0.127. The summed E-state index contributed by atoms with van der Waals surface area (Å²) in [5.41, 5.74) is 0. The Morgan fingerprint density at radius 3 is 2.55 bits per heavy atom. The number of carbonyl (C=O) groups is 1. The lowest BCUT2D eigenvalue weighted by atomic mass is 10.1. The zero-order chi connectivity index (χ0) is 8.27. The molecule has 1 aliphatic rings. The van der Waals surface area contributed by atoms with E-state index >= 15 is 0 Å². The Labute approximate surface area is 67.8 Å². The van der Waals surface area contributed by atoms with Crippen LogP contribution in [0.5, 0.6) is 0 Å². The van der Waals surface area contributed by atoms with Crippen LogP contribution in [0.3, 0.4) is 0 Å². The van der Waals surface area contributed by atoms with Crippen molar-refractivity contribution < 1.29 is 4.79 Å². The summed E-state index contributed by atoms with van der Waals surface area (Å²) in [5.74, 6) is -0.0723. The number of hydrogen-bond donors (Lipinski definition) is 1. The van der Waals surface area contributed by atoms with Gasteiger partial charge >= 0.3 is 0 Å². The average Bonchev–Trinajstić information content (AvgIpc) is 2.05. The molecule has 0 aliphatic carbocycles. The van der Waals surface area contributed by atoms with Crippen LogP contribution in [0.15, 0.2) is 0 Å². The summed E-state index contributed by atoms with van der Waals surface area (Å²) >= 11 is 0. The third kappa shape index (κ3) is 2.19. The van der Waals surface area contributed by atoms with Crippen LogP contribution < -0.4 is 5.32 Å². The summed E-state index contributed by atoms with van der Waals surface area (Å²) in [4.78, 5) is 12.6. The summed E-state index contributed by atoms with van der Waals surface area (Å²) in [5, 5.41) is 3.25. The summed E-state index contributed by atoms with van der Waals surface area (Å²) in [7, 11) is 1.82. The molecular weight excluding hydrogens is 140 g/mol. The zero-order valence-corrected chi connectivity index (χ0v) is 6.97. The SMILES string of the molecule is [CH2]C(=O)N(C)C1CCNCC1. The molecule has 1 amide bonds. The topological polar surface area (TPSA) is 32.3 Å². The molecule has 1 rings (SSSR count). The van der Waals surface area contributed by atoms with Crippen molar-refractivity contribution in [2.45, 2.75) is 18.9 Å². The van der Waals surface area contributed by atoms with E-state index < -0.39 is 0 Å². The third-order valence-electron chi connectivity index (χ3n) is 2.25. The number of hydrogen-bond acceptors (Lipinski definition) is 2. The van der Waals surface area contributed by atoms with Crippen molar-refractivity contribution in [3.63, 3.8) is 0 Å². The Balaban J connectivity index is 2.38. The van der Waals surface area contributed by atoms with Gasteiger partial charge in [0.05, 0.1) is 0 Å². The molecule has 1 fully saturated rings. The van der Waals surface area contributed by atoms with E-state index in [9.17, 15) is 4.79 Å². The molecule has 1 saturated heterocycles. The molecule has 0 spiro atoms. The molecule has 0 saturated carbocycles. The minimum Gasteiger partial charge on any atom is -0.343 e. The van der Waals surface area contributed by atoms with Gasteiger partial charge in [-0.1, -0.05) is 0 Å². The fourth-order valence-electron chi connectivity index (χ4n) is 1.40. The third-order valence-corrected chi connectivity index (χ3v) is 2.25. The van der Waals surface area contributed by atoms with E-state index in [1.54, 1.807) is 4.90 Å². The monoisotopic (exact) mass is 155 g/mol. The van der Waals surface area contributed by atoms with E-state index in [2.05, 4.69) is 12.2 Å². The van der Waals surface area contributed by atoms with Gasteiger partial charge in [-0.05, 0) is 25.9 Å². The van der Waals surface area contributed by atoms with Crippen molar-refractivity contribution in [1.82, 2.24) is 10.2 Å². The molecule has 3 nitrogen and oxygen atoms in total. The number of carbonyl (C=O) groups excluding carboxylic acids is 1. The molecule has 0 bridgehead atoms. The van der Waals surface area contributed by atoms with E-state index in [-0.39, 0.29) is 5.91 Å². The summed E-state index contributed by atoms with van der Waals surface area (Å²) in [6.45, 7) is 5.41. The largest absolute Gasteiger partial charge is 0.343 e. The van der Waals surface area contributed by atoms with Gasteiger partial charge in [-0.2, -0.15) is 0 Å². The highest BCUT2D eigenvalue weighted by molar-refractivity contribution is 5.80. The van der Waals surface area contributed by atoms with Gasteiger partial charge in [-0.3, -0.25) is 4.79 Å². The van der Waals surface area contributed by atoms with Crippen LogP contribution in [0.4, 0.5) is 0 Å². The number of amides is 1. The highest BCUT2D eigenvalue weighted by atomic mass is 16.2. The fraction of sp³-hybridized carbons (Fsp3) is 0.750. The maximum atomic E-state index is 10.8. The minimum absolute atomic E-state index is 0.0723. The van der Waals surface area contributed by atoms with E-state index in [4.69, 9.17) is 0 Å². The van der Waals surface area contributed by atoms with Crippen LogP contribution in [-0.4, -0.2) is 37.0 Å². The molecule has 11 heavy (non-hydrogen) atoms. The molecular formula is C8H15N2O. The van der Waals surface area contributed by atoms with Crippen LogP contribution in [0.25, 0.3) is 0 Å². The Morgan fingerprint density at radius 1 is 1.55 bits per heavy atom. The first-order valence-corrected chi connectivity index (χ1v) is 4.01. The van der Waals surface area contributed by atoms with Gasteiger partial charge in [-0.15, -0.1) is 0 Å². The van der Waals surface area contributed by atoms with Crippen molar-refractivity contribution >= 4 is 5.91 Å². The summed E-state index contributed by atoms with van der Waals surface area (Å²) in [6.07, 6.45) is 2.11. The van der Waals surface area contributed by atoms with Gasteiger partial charge in [0.1, 0.15) is 0 Å². The quantitative estimate of drug-likeness (QED) is 0.579. The normalized spacial score (nSPS) is 19.8. The van der Waals surface area contributed by atoms with Crippen molar-refractivity contribution in [1.29, 1.82) is 0 Å². The molecule has 1 N–H and O–H groups in total. The Hall–Kier alpha value is -0.570. The van der Waals surface area contributed by atoms with Gasteiger partial charge < -0.3 is 10.2 Å². The van der Waals surface area contributed by atoms with Crippen LogP contribution >= 0.6 is 0 Å². The molecule has 1 heterocycles. The first-order chi connectivity index (χ1) is 5.22. The predicted molar refractivity (Wildman–Crippen MR) is 44.0 cm³/mol. The van der Waals surface area contributed by atoms with Crippen LogP contribution in [0.1, 0.15) is 12.8 Å². The second kappa shape index (κ2) is 3.72. The van der Waals surface area contributed by atoms with Crippen molar-refractivity contribution in [3.8, 4) is 0 Å². The fourth-order valence-corrected chi connectivity index (χ4v) is 1.40. The van der Waals surface area contributed by atoms with Crippen LogP contribution in [-0.2, 0) is 4.79 Å². The van der Waals surface area contributed by atoms with Crippen molar-refractivity contribution in [3.05, 3.63) is 6.92 Å². The van der Waals surface area contributed by atoms with E-state index in [0.29, 0.717) is 6.04 Å². The van der Waals surface area contributed by atoms with Gasteiger partial charge in [0.2, 0.25) is 5.91 Å². The predicted octanol–water partition coefficient (Wildman–Crippen LogP) is 0.0309. The zero-order valence-electron chi connectivity index (χ0n) is 6.97. The number of nitrogens with one attached hydrogen (secondary N) is 1. The van der Waals surface area contributed by atoms with Crippen molar-refractivity contribution in [2.75, 3.05) is 20.1 Å². The lowest BCUT2D eigenvalue weighted by Crippen LogP contribution is -2.43. The summed E-state index contributed by atoms with van der Waals surface area (Å²) in [6, 6.07) is 0.404. The smallest absolute Gasteiger partial charge is 0.223 e. The Morgan fingerprint density at radius 2 is 2.09 bits per heavy atom. The van der Waals surface area contributed by atoms with Gasteiger partial charge in [0.25, 0.3) is 0 Å². The second-order valence-corrected chi connectivity index (χ2v) is 2.99. The molecule has 63 valence electrons. The molecule has 1 radical (unpaired) electrons. The highest BCUT2D eigenvalue weighted by Gasteiger charge is 2.18. The first kappa shape index (κ1) is 8.53. The highest BCUT2D eigenvalue weighted by Crippen LogP contribution is 2.09. The molecule has 0 atom stereocenters. The van der Waals surface area contributed by atoms with E-state index in [1.165, 1.54) is 0 Å². The Bertz CT molecular complexity index is 141. The van der Waals surface area contributed by atoms with Gasteiger partial charge in [0, 0.05) is 20.0 Å². The van der Waals surface area contributed by atoms with E-state index in [0.717, 1.165) is 25.9 Å². The molecule has 1 aliphatic heterocycles. The number of rotatable bonds is 1. The molecule has 0 aromatic carbocycles. The van der Waals surface area contributed by atoms with Crippen LogP contribution in [0, 0.1) is 6.92 Å². The number of piperidine rings is 1. The van der Waals surface area contributed by atoms with Crippen LogP contribution in [0.2, 0.25) is 0 Å². The minimum atomic E-state index is -0.0723. The standard InChI is InChI=1S/C8H15N2O/c1-7(11)10(2)8-3-5-9-6-4-8/h8-9H,1,3-6H2,2H3. The average molecular weight is 155 g/mol. The lowest BCUT2D eigenvalue weighted by Gasteiger charge is -2.30. The summed E-state index contributed by atoms with van der Waals surface area (Å²) < 4.78 is 0. The molecule has 0 unspecified atom stereocenters. The number of nitrogens with zero attached hydrogens (tertiary/aromatic N) is 1. The Kier molecular flexibility index (Phi) is 2.88. The maximum absolute atomic E-state index is 10.8. The van der Waals surface area contributed by atoms with Crippen molar-refractivity contribution in [2.24, 2.45) is 0 Å². The second-order valence-electron chi connectivity index (χ2n) is 2.99. The molecule has 0 aromatic rings. The molecule has 3 heteroatoms. The van der Waals surface area contributed by atoms with Gasteiger partial charge in [-0.25, -0.2) is 0 Å². The van der Waals surface area contributed by atoms with Gasteiger partial charge in [0.15, 0.2) is 0 Å². The maximum Gasteiger partial charge on any atom is 0.223 e. The van der Waals surface area contributed by atoms with E-state index in [1.807, 2.05) is 7.05 Å². The first-order valence-electron chi connectivity index (χ1n) is 4.01.